The molecule has 3 aromatic carbocycles. The molecule has 0 bridgehead atoms. The quantitative estimate of drug-likeness (QED) is 0.226. The predicted molar refractivity (Wildman–Crippen MR) is 129 cm³/mol. The number of carbonyl (C=O) groups is 1. The highest BCUT2D eigenvalue weighted by Crippen LogP contribution is 2.30. The number of nitriles is 1. The fourth-order valence-corrected chi connectivity index (χ4v) is 4.53. The van der Waals surface area contributed by atoms with E-state index < -0.39 is 16.0 Å². The average Bonchev–Trinajstić information content (AvgIpc) is 2.75. The van der Waals surface area contributed by atoms with E-state index in [0.29, 0.717) is 20.2 Å². The standard InChI is InChI=1S/C23H16Br2N2O4S/c1-15-6-9-18(10-7-15)32(29,30)31-22-11-8-16(13-20(22)25)12-17(14-26)23(28)27-21-5-3-2-4-19(21)24/h2-13H,1H3,(H,27,28)/b17-12+. The molecule has 0 saturated heterocycles. The van der Waals surface area contributed by atoms with E-state index in [9.17, 15) is 18.5 Å². The van der Waals surface area contributed by atoms with Gasteiger partial charge in [-0.15, -0.1) is 0 Å². The van der Waals surface area contributed by atoms with Crippen LogP contribution in [-0.2, 0) is 14.9 Å². The molecule has 162 valence electrons. The zero-order valence-corrected chi connectivity index (χ0v) is 20.7. The topological polar surface area (TPSA) is 96.3 Å². The Bertz CT molecular complexity index is 1350. The molecule has 32 heavy (non-hydrogen) atoms. The molecule has 1 amide bonds. The summed E-state index contributed by atoms with van der Waals surface area (Å²) in [6.07, 6.45) is 1.40. The summed E-state index contributed by atoms with van der Waals surface area (Å²) in [7, 11) is -4.01. The molecule has 0 aliphatic rings. The number of hydrogen-bond acceptors (Lipinski definition) is 5. The van der Waals surface area contributed by atoms with Crippen molar-refractivity contribution in [3.05, 3.63) is 92.4 Å². The van der Waals surface area contributed by atoms with Crippen molar-refractivity contribution in [1.29, 1.82) is 5.26 Å². The van der Waals surface area contributed by atoms with Crippen molar-refractivity contribution in [2.75, 3.05) is 5.32 Å². The van der Waals surface area contributed by atoms with Gasteiger partial charge in [0.15, 0.2) is 5.75 Å². The number of anilines is 1. The van der Waals surface area contributed by atoms with Crippen molar-refractivity contribution in [3.63, 3.8) is 0 Å². The molecule has 0 heterocycles. The van der Waals surface area contributed by atoms with Gasteiger partial charge in [-0.05, 0) is 86.8 Å². The first kappa shape index (κ1) is 23.7. The summed E-state index contributed by atoms with van der Waals surface area (Å²) in [6, 6.07) is 19.8. The van der Waals surface area contributed by atoms with Gasteiger partial charge in [-0.3, -0.25) is 4.79 Å². The Kier molecular flexibility index (Phi) is 7.51. The Hall–Kier alpha value is -2.93. The van der Waals surface area contributed by atoms with Gasteiger partial charge in [0.1, 0.15) is 16.5 Å². The minimum atomic E-state index is -4.01. The number of nitrogens with one attached hydrogen (secondary N) is 1. The van der Waals surface area contributed by atoms with E-state index >= 15 is 0 Å². The largest absolute Gasteiger partial charge is 0.378 e. The number of para-hydroxylation sites is 1. The fraction of sp³-hybridized carbons (Fsp3) is 0.0435. The van der Waals surface area contributed by atoms with E-state index in [0.717, 1.165) is 5.56 Å². The average molecular weight is 576 g/mol. The Morgan fingerprint density at radius 1 is 1.03 bits per heavy atom. The van der Waals surface area contributed by atoms with Crippen LogP contribution in [0.4, 0.5) is 5.69 Å². The maximum atomic E-state index is 12.5. The summed E-state index contributed by atoms with van der Waals surface area (Å²) in [5.41, 5.74) is 1.85. The normalized spacial score (nSPS) is 11.5. The van der Waals surface area contributed by atoms with Gasteiger partial charge < -0.3 is 9.50 Å². The predicted octanol–water partition coefficient (Wildman–Crippen LogP) is 5.83. The maximum absolute atomic E-state index is 12.5. The molecule has 3 aromatic rings. The fourth-order valence-electron chi connectivity index (χ4n) is 2.61. The molecular weight excluding hydrogens is 560 g/mol. The number of halogens is 2. The number of hydrogen-bond donors (Lipinski definition) is 1. The Balaban J connectivity index is 1.81. The molecule has 6 nitrogen and oxygen atoms in total. The molecule has 1 N–H and O–H groups in total. The summed E-state index contributed by atoms with van der Waals surface area (Å²) in [5.74, 6) is -0.489. The van der Waals surface area contributed by atoms with Crippen LogP contribution in [0.15, 0.2) is 86.1 Å². The number of aryl methyl sites for hydroxylation is 1. The molecule has 0 radical (unpaired) electrons. The van der Waals surface area contributed by atoms with Gasteiger partial charge in [0.05, 0.1) is 10.2 Å². The highest BCUT2D eigenvalue weighted by atomic mass is 79.9. The van der Waals surface area contributed by atoms with Crippen LogP contribution in [0.2, 0.25) is 0 Å². The van der Waals surface area contributed by atoms with Crippen molar-refractivity contribution in [2.45, 2.75) is 11.8 Å². The van der Waals surface area contributed by atoms with Crippen LogP contribution in [-0.4, -0.2) is 14.3 Å². The van der Waals surface area contributed by atoms with Crippen LogP contribution in [0.5, 0.6) is 5.75 Å². The van der Waals surface area contributed by atoms with Gasteiger partial charge in [0.25, 0.3) is 5.91 Å². The number of nitrogens with zero attached hydrogens (tertiary/aromatic N) is 1. The van der Waals surface area contributed by atoms with Crippen molar-refractivity contribution in [2.24, 2.45) is 0 Å². The smallest absolute Gasteiger partial charge is 0.339 e. The minimum Gasteiger partial charge on any atom is -0.378 e. The highest BCUT2D eigenvalue weighted by Gasteiger charge is 2.18. The van der Waals surface area contributed by atoms with E-state index in [-0.39, 0.29) is 16.2 Å². The summed E-state index contributed by atoms with van der Waals surface area (Å²) >= 11 is 6.63. The Morgan fingerprint density at radius 3 is 2.34 bits per heavy atom. The molecule has 3 rings (SSSR count). The SMILES string of the molecule is Cc1ccc(S(=O)(=O)Oc2ccc(/C=C(\C#N)C(=O)Nc3ccccc3Br)cc2Br)cc1. The zero-order chi connectivity index (χ0) is 23.3. The third-order valence-electron chi connectivity index (χ3n) is 4.26. The number of benzene rings is 3. The lowest BCUT2D eigenvalue weighted by atomic mass is 10.1. The van der Waals surface area contributed by atoms with Crippen LogP contribution < -0.4 is 9.50 Å². The second kappa shape index (κ2) is 10.1. The van der Waals surface area contributed by atoms with Crippen molar-refractivity contribution >= 4 is 59.6 Å². The third-order valence-corrected chi connectivity index (χ3v) is 6.82. The van der Waals surface area contributed by atoms with Gasteiger partial charge in [-0.2, -0.15) is 13.7 Å². The summed E-state index contributed by atoms with van der Waals surface area (Å²) in [5, 5.41) is 12.1. The summed E-state index contributed by atoms with van der Waals surface area (Å²) in [6.45, 7) is 1.86. The third kappa shape index (κ3) is 5.85. The van der Waals surface area contributed by atoms with E-state index in [1.165, 1.54) is 24.3 Å². The minimum absolute atomic E-state index is 0.0366. The van der Waals surface area contributed by atoms with Gasteiger partial charge in [0, 0.05) is 4.47 Å². The van der Waals surface area contributed by atoms with Crippen molar-refractivity contribution in [3.8, 4) is 11.8 Å². The molecule has 0 unspecified atom stereocenters. The molecule has 0 spiro atoms. The van der Waals surface area contributed by atoms with Crippen LogP contribution in [0.25, 0.3) is 6.08 Å². The molecule has 0 aliphatic heterocycles. The number of carbonyl (C=O) groups excluding carboxylic acids is 1. The maximum Gasteiger partial charge on any atom is 0.339 e. The number of amides is 1. The molecule has 0 atom stereocenters. The zero-order valence-electron chi connectivity index (χ0n) is 16.7. The van der Waals surface area contributed by atoms with E-state index in [4.69, 9.17) is 4.18 Å². The second-order valence-corrected chi connectivity index (χ2v) is 9.90. The monoisotopic (exact) mass is 574 g/mol. The first-order valence-corrected chi connectivity index (χ1v) is 12.2. The van der Waals surface area contributed by atoms with Crippen molar-refractivity contribution < 1.29 is 17.4 Å². The van der Waals surface area contributed by atoms with E-state index in [1.807, 2.05) is 13.0 Å². The van der Waals surface area contributed by atoms with Crippen LogP contribution >= 0.6 is 31.9 Å². The summed E-state index contributed by atoms with van der Waals surface area (Å²) < 4.78 is 31.3. The Morgan fingerprint density at radius 2 is 1.72 bits per heavy atom. The molecule has 0 aromatic heterocycles. The van der Waals surface area contributed by atoms with E-state index in [2.05, 4.69) is 37.2 Å². The van der Waals surface area contributed by atoms with Gasteiger partial charge in [0.2, 0.25) is 0 Å². The lowest BCUT2D eigenvalue weighted by molar-refractivity contribution is -0.112. The first-order valence-electron chi connectivity index (χ1n) is 9.18. The van der Waals surface area contributed by atoms with Crippen LogP contribution in [0.3, 0.4) is 0 Å². The van der Waals surface area contributed by atoms with Gasteiger partial charge >= 0.3 is 10.1 Å². The van der Waals surface area contributed by atoms with E-state index in [1.54, 1.807) is 48.5 Å². The molecule has 0 saturated carbocycles. The molecule has 0 aliphatic carbocycles. The molecule has 9 heteroatoms. The van der Waals surface area contributed by atoms with Crippen LogP contribution in [0, 0.1) is 18.3 Å². The lowest BCUT2D eigenvalue weighted by Crippen LogP contribution is -2.13. The van der Waals surface area contributed by atoms with Gasteiger partial charge in [-0.25, -0.2) is 0 Å². The number of rotatable bonds is 6. The Labute approximate surface area is 202 Å². The van der Waals surface area contributed by atoms with Crippen LogP contribution in [0.1, 0.15) is 11.1 Å². The van der Waals surface area contributed by atoms with Crippen molar-refractivity contribution in [1.82, 2.24) is 0 Å². The highest BCUT2D eigenvalue weighted by molar-refractivity contribution is 9.11. The van der Waals surface area contributed by atoms with Gasteiger partial charge in [-0.1, -0.05) is 35.9 Å². The summed E-state index contributed by atoms with van der Waals surface area (Å²) in [4.78, 5) is 12.5. The lowest BCUT2D eigenvalue weighted by Gasteiger charge is -2.10. The molecule has 0 fully saturated rings. The molecular formula is C23H16Br2N2O4S. The first-order chi connectivity index (χ1) is 15.2. The second-order valence-electron chi connectivity index (χ2n) is 6.64.